The van der Waals surface area contributed by atoms with Crippen molar-refractivity contribution in [2.45, 2.75) is 25.8 Å². The third-order valence-corrected chi connectivity index (χ3v) is 2.70. The standard InChI is InChI=1S/C9H9ClN4/c1-5-12-8(10)7-9(13-5)11-4-14(7)6-2-3-6/h4,6H,2-3H2,1H3. The van der Waals surface area contributed by atoms with E-state index in [1.54, 1.807) is 0 Å². The molecule has 0 aliphatic heterocycles. The molecule has 14 heavy (non-hydrogen) atoms. The van der Waals surface area contributed by atoms with Crippen LogP contribution in [0.4, 0.5) is 0 Å². The molecule has 0 N–H and O–H groups in total. The maximum atomic E-state index is 6.07. The molecule has 1 fully saturated rings. The van der Waals surface area contributed by atoms with Crippen LogP contribution in [0.1, 0.15) is 24.7 Å². The Morgan fingerprint density at radius 1 is 1.43 bits per heavy atom. The number of fused-ring (bicyclic) bond motifs is 1. The van der Waals surface area contributed by atoms with Crippen LogP contribution in [0.5, 0.6) is 0 Å². The van der Waals surface area contributed by atoms with Crippen molar-refractivity contribution in [3.8, 4) is 0 Å². The molecule has 0 bridgehead atoms. The summed E-state index contributed by atoms with van der Waals surface area (Å²) in [5.74, 6) is 0.670. The molecular weight excluding hydrogens is 200 g/mol. The normalized spacial score (nSPS) is 16.4. The van der Waals surface area contributed by atoms with Gasteiger partial charge in [0.25, 0.3) is 0 Å². The van der Waals surface area contributed by atoms with E-state index in [4.69, 9.17) is 11.6 Å². The zero-order valence-electron chi connectivity index (χ0n) is 7.74. The van der Waals surface area contributed by atoms with E-state index in [0.29, 0.717) is 22.7 Å². The Bertz CT molecular complexity index is 501. The predicted octanol–water partition coefficient (Wildman–Crippen LogP) is 2.12. The topological polar surface area (TPSA) is 43.6 Å². The summed E-state index contributed by atoms with van der Waals surface area (Å²) in [6.07, 6.45) is 4.22. The first-order valence-corrected chi connectivity index (χ1v) is 5.00. The van der Waals surface area contributed by atoms with Crippen LogP contribution < -0.4 is 0 Å². The SMILES string of the molecule is Cc1nc(Cl)c2c(ncn2C2CC2)n1. The Labute approximate surface area is 85.9 Å². The van der Waals surface area contributed by atoms with Crippen LogP contribution >= 0.6 is 11.6 Å². The van der Waals surface area contributed by atoms with Gasteiger partial charge in [0.15, 0.2) is 10.8 Å². The van der Waals surface area contributed by atoms with Gasteiger partial charge in [-0.2, -0.15) is 0 Å². The predicted molar refractivity (Wildman–Crippen MR) is 53.3 cm³/mol. The molecule has 0 radical (unpaired) electrons. The highest BCUT2D eigenvalue weighted by atomic mass is 35.5. The molecule has 1 saturated carbocycles. The van der Waals surface area contributed by atoms with Gasteiger partial charge in [-0.1, -0.05) is 11.6 Å². The van der Waals surface area contributed by atoms with Gasteiger partial charge in [-0.05, 0) is 19.8 Å². The summed E-state index contributed by atoms with van der Waals surface area (Å²) in [7, 11) is 0. The van der Waals surface area contributed by atoms with E-state index in [2.05, 4.69) is 19.5 Å². The highest BCUT2D eigenvalue weighted by Crippen LogP contribution is 2.38. The number of hydrogen-bond donors (Lipinski definition) is 0. The molecule has 1 aliphatic rings. The zero-order valence-corrected chi connectivity index (χ0v) is 8.49. The summed E-state index contributed by atoms with van der Waals surface area (Å²) in [5, 5.41) is 0.511. The van der Waals surface area contributed by atoms with Gasteiger partial charge < -0.3 is 4.57 Å². The summed E-state index contributed by atoms with van der Waals surface area (Å²) >= 11 is 6.07. The van der Waals surface area contributed by atoms with E-state index in [9.17, 15) is 0 Å². The lowest BCUT2D eigenvalue weighted by molar-refractivity contribution is 0.764. The van der Waals surface area contributed by atoms with Crippen LogP contribution in [0.15, 0.2) is 6.33 Å². The Morgan fingerprint density at radius 2 is 2.21 bits per heavy atom. The number of aryl methyl sites for hydroxylation is 1. The molecule has 2 aromatic heterocycles. The third kappa shape index (κ3) is 1.10. The van der Waals surface area contributed by atoms with Gasteiger partial charge >= 0.3 is 0 Å². The first kappa shape index (κ1) is 8.17. The minimum Gasteiger partial charge on any atom is -0.324 e. The van der Waals surface area contributed by atoms with Gasteiger partial charge in [0.1, 0.15) is 11.3 Å². The van der Waals surface area contributed by atoms with Crippen molar-refractivity contribution in [3.63, 3.8) is 0 Å². The Kier molecular flexibility index (Phi) is 1.56. The first-order valence-electron chi connectivity index (χ1n) is 4.62. The lowest BCUT2D eigenvalue weighted by Crippen LogP contribution is -1.95. The Morgan fingerprint density at radius 3 is 2.93 bits per heavy atom. The Balaban J connectivity index is 2.33. The zero-order chi connectivity index (χ0) is 9.71. The van der Waals surface area contributed by atoms with E-state index in [-0.39, 0.29) is 0 Å². The van der Waals surface area contributed by atoms with E-state index in [1.807, 2.05) is 13.3 Å². The first-order chi connectivity index (χ1) is 6.75. The third-order valence-electron chi connectivity index (χ3n) is 2.44. The van der Waals surface area contributed by atoms with Gasteiger partial charge in [0.05, 0.1) is 6.33 Å². The fourth-order valence-corrected chi connectivity index (χ4v) is 1.94. The Hall–Kier alpha value is -1.16. The number of imidazole rings is 1. The van der Waals surface area contributed by atoms with Gasteiger partial charge in [0.2, 0.25) is 0 Å². The molecule has 5 heteroatoms. The maximum absolute atomic E-state index is 6.07. The second-order valence-corrected chi connectivity index (χ2v) is 3.97. The van der Waals surface area contributed by atoms with Crippen LogP contribution in [0.2, 0.25) is 5.15 Å². The molecule has 0 aromatic carbocycles. The quantitative estimate of drug-likeness (QED) is 0.675. The lowest BCUT2D eigenvalue weighted by atomic mass is 10.5. The summed E-state index contributed by atoms with van der Waals surface area (Å²) < 4.78 is 2.08. The highest BCUT2D eigenvalue weighted by molar-refractivity contribution is 6.33. The van der Waals surface area contributed by atoms with Crippen molar-refractivity contribution in [3.05, 3.63) is 17.3 Å². The van der Waals surface area contributed by atoms with Gasteiger partial charge in [-0.25, -0.2) is 15.0 Å². The average Bonchev–Trinajstić information content (AvgIpc) is 2.87. The molecule has 4 nitrogen and oxygen atoms in total. The smallest absolute Gasteiger partial charge is 0.182 e. The number of nitrogens with zero attached hydrogens (tertiary/aromatic N) is 4. The second kappa shape index (κ2) is 2.67. The number of halogens is 1. The van der Waals surface area contributed by atoms with E-state index in [1.165, 1.54) is 12.8 Å². The van der Waals surface area contributed by atoms with E-state index < -0.39 is 0 Å². The van der Waals surface area contributed by atoms with Crippen molar-refractivity contribution < 1.29 is 0 Å². The van der Waals surface area contributed by atoms with Gasteiger partial charge in [-0.15, -0.1) is 0 Å². The molecule has 0 spiro atoms. The summed E-state index contributed by atoms with van der Waals surface area (Å²) in [4.78, 5) is 12.6. The minimum absolute atomic E-state index is 0.511. The van der Waals surface area contributed by atoms with Crippen LogP contribution in [0.3, 0.4) is 0 Å². The van der Waals surface area contributed by atoms with Crippen LogP contribution in [-0.2, 0) is 0 Å². The minimum atomic E-state index is 0.511. The van der Waals surface area contributed by atoms with E-state index >= 15 is 0 Å². The molecule has 2 heterocycles. The molecular formula is C9H9ClN4. The summed E-state index contributed by atoms with van der Waals surface area (Å²) in [6, 6.07) is 0.559. The molecule has 3 rings (SSSR count). The number of rotatable bonds is 1. The number of aromatic nitrogens is 4. The molecule has 0 unspecified atom stereocenters. The van der Waals surface area contributed by atoms with Crippen molar-refractivity contribution in [2.75, 3.05) is 0 Å². The molecule has 0 saturated heterocycles. The molecule has 0 atom stereocenters. The molecule has 0 amide bonds. The van der Waals surface area contributed by atoms with Gasteiger partial charge in [-0.3, -0.25) is 0 Å². The largest absolute Gasteiger partial charge is 0.324 e. The lowest BCUT2D eigenvalue weighted by Gasteiger charge is -2.01. The van der Waals surface area contributed by atoms with Crippen molar-refractivity contribution >= 4 is 22.8 Å². The van der Waals surface area contributed by atoms with Crippen LogP contribution in [-0.4, -0.2) is 19.5 Å². The summed E-state index contributed by atoms with van der Waals surface area (Å²) in [6.45, 7) is 1.82. The second-order valence-electron chi connectivity index (χ2n) is 3.62. The van der Waals surface area contributed by atoms with Crippen molar-refractivity contribution in [2.24, 2.45) is 0 Å². The fraction of sp³-hybridized carbons (Fsp3) is 0.444. The maximum Gasteiger partial charge on any atom is 0.182 e. The monoisotopic (exact) mass is 208 g/mol. The van der Waals surface area contributed by atoms with Crippen LogP contribution in [0, 0.1) is 6.92 Å². The fourth-order valence-electron chi connectivity index (χ4n) is 1.63. The molecule has 72 valence electrons. The van der Waals surface area contributed by atoms with Crippen molar-refractivity contribution in [1.82, 2.24) is 19.5 Å². The van der Waals surface area contributed by atoms with Crippen LogP contribution in [0.25, 0.3) is 11.2 Å². The molecule has 1 aliphatic carbocycles. The average molecular weight is 209 g/mol. The van der Waals surface area contributed by atoms with E-state index in [0.717, 1.165) is 5.52 Å². The van der Waals surface area contributed by atoms with Crippen molar-refractivity contribution in [1.29, 1.82) is 0 Å². The summed E-state index contributed by atoms with van der Waals surface area (Å²) in [5.41, 5.74) is 1.58. The highest BCUT2D eigenvalue weighted by Gasteiger charge is 2.26. The van der Waals surface area contributed by atoms with Gasteiger partial charge in [0, 0.05) is 6.04 Å². The number of hydrogen-bond acceptors (Lipinski definition) is 3. The molecule has 2 aromatic rings.